The van der Waals surface area contributed by atoms with Crippen LogP contribution in [0.5, 0.6) is 0 Å². The maximum Gasteiger partial charge on any atom is 0.253 e. The molecule has 0 bridgehead atoms. The van der Waals surface area contributed by atoms with Gasteiger partial charge in [0, 0.05) is 11.6 Å². The number of halogens is 3. The molecule has 0 fully saturated rings. The number of rotatable bonds is 6. The molecule has 118 valence electrons. The Balaban J connectivity index is 2.10. The molecule has 0 saturated heterocycles. The molecule has 8 heteroatoms. The van der Waals surface area contributed by atoms with Crippen LogP contribution in [0.4, 0.5) is 4.39 Å². The van der Waals surface area contributed by atoms with E-state index in [0.29, 0.717) is 11.3 Å². The number of hydrogen-bond donors (Lipinski definition) is 2. The van der Waals surface area contributed by atoms with Crippen LogP contribution in [-0.2, 0) is 4.79 Å². The van der Waals surface area contributed by atoms with Crippen molar-refractivity contribution < 1.29 is 18.8 Å². The molecular weight excluding hydrogens is 334 g/mol. The zero-order valence-electron chi connectivity index (χ0n) is 11.2. The van der Waals surface area contributed by atoms with Gasteiger partial charge < -0.3 is 14.9 Å². The lowest BCUT2D eigenvalue weighted by atomic mass is 10.0. The van der Waals surface area contributed by atoms with Gasteiger partial charge in [-0.2, -0.15) is 0 Å². The molecule has 1 aromatic heterocycles. The number of carbonyl (C=O) groups excluding carboxylic acids is 1. The molecule has 5 nitrogen and oxygen atoms in total. The van der Waals surface area contributed by atoms with Crippen LogP contribution in [0.3, 0.4) is 0 Å². The number of amides is 1. The number of carbonyl (C=O) groups is 1. The standard InChI is InChI=1S/C14H13Cl2FN2O3/c15-13(16)14(21)19-10(7-17)12(20)9-3-1-8(2-4-9)11-5-6-18-22-11/h1-6,10,12-13,20H,7H2,(H,19,21)/t10-,12-/m1/s1. The maximum absolute atomic E-state index is 13.0. The maximum atomic E-state index is 13.0. The van der Waals surface area contributed by atoms with Crippen molar-refractivity contribution in [2.75, 3.05) is 6.67 Å². The second-order valence-electron chi connectivity index (χ2n) is 4.51. The van der Waals surface area contributed by atoms with Crippen molar-refractivity contribution in [2.45, 2.75) is 17.0 Å². The number of benzene rings is 1. The van der Waals surface area contributed by atoms with E-state index in [1.165, 1.54) is 6.20 Å². The number of nitrogens with one attached hydrogen (secondary N) is 1. The fourth-order valence-electron chi connectivity index (χ4n) is 1.89. The fraction of sp³-hybridized carbons (Fsp3) is 0.286. The Morgan fingerprint density at radius 2 is 2.00 bits per heavy atom. The average molecular weight is 347 g/mol. The van der Waals surface area contributed by atoms with E-state index >= 15 is 0 Å². The lowest BCUT2D eigenvalue weighted by Gasteiger charge is -2.22. The van der Waals surface area contributed by atoms with Crippen LogP contribution in [-0.4, -0.2) is 33.7 Å². The monoisotopic (exact) mass is 346 g/mol. The molecular formula is C14H13Cl2FN2O3. The molecule has 1 aromatic carbocycles. The number of nitrogens with zero attached hydrogens (tertiary/aromatic N) is 1. The van der Waals surface area contributed by atoms with Gasteiger partial charge in [-0.3, -0.25) is 4.79 Å². The van der Waals surface area contributed by atoms with E-state index < -0.39 is 29.6 Å². The van der Waals surface area contributed by atoms with Gasteiger partial charge in [0.25, 0.3) is 5.91 Å². The normalized spacial score (nSPS) is 13.9. The molecule has 2 aromatic rings. The number of aliphatic hydroxyl groups is 1. The first-order valence-corrected chi connectivity index (χ1v) is 7.23. The molecule has 2 N–H and O–H groups in total. The second kappa shape index (κ2) is 7.58. The molecule has 1 heterocycles. The van der Waals surface area contributed by atoms with E-state index in [0.717, 1.165) is 5.56 Å². The quantitative estimate of drug-likeness (QED) is 0.788. The molecule has 0 aliphatic carbocycles. The van der Waals surface area contributed by atoms with Gasteiger partial charge >= 0.3 is 0 Å². The van der Waals surface area contributed by atoms with Gasteiger partial charge in [-0.05, 0) is 5.56 Å². The molecule has 1 amide bonds. The minimum atomic E-state index is -1.32. The average Bonchev–Trinajstić information content (AvgIpc) is 3.06. The molecule has 0 radical (unpaired) electrons. The third kappa shape index (κ3) is 3.97. The predicted octanol–water partition coefficient (Wildman–Crippen LogP) is 2.63. The summed E-state index contributed by atoms with van der Waals surface area (Å²) < 4.78 is 18.0. The Bertz CT molecular complexity index is 605. The highest BCUT2D eigenvalue weighted by atomic mass is 35.5. The first kappa shape index (κ1) is 16.7. The Morgan fingerprint density at radius 3 is 2.50 bits per heavy atom. The van der Waals surface area contributed by atoms with Crippen molar-refractivity contribution in [1.82, 2.24) is 10.5 Å². The molecule has 2 rings (SSSR count). The van der Waals surface area contributed by atoms with Crippen LogP contribution >= 0.6 is 23.2 Å². The van der Waals surface area contributed by atoms with E-state index in [4.69, 9.17) is 27.7 Å². The van der Waals surface area contributed by atoms with Crippen LogP contribution in [0, 0.1) is 0 Å². The first-order valence-electron chi connectivity index (χ1n) is 6.36. The molecule has 22 heavy (non-hydrogen) atoms. The molecule has 0 spiro atoms. The van der Waals surface area contributed by atoms with Crippen molar-refractivity contribution >= 4 is 29.1 Å². The SMILES string of the molecule is O=C(N[C@H](CF)[C@H](O)c1ccc(-c2ccno2)cc1)C(Cl)Cl. The summed E-state index contributed by atoms with van der Waals surface area (Å²) in [6.45, 7) is -0.961. The second-order valence-corrected chi connectivity index (χ2v) is 5.61. The van der Waals surface area contributed by atoms with Gasteiger partial charge in [0.05, 0.1) is 12.2 Å². The Hall–Kier alpha value is -1.63. The molecule has 0 aliphatic rings. The minimum Gasteiger partial charge on any atom is -0.386 e. The van der Waals surface area contributed by atoms with Crippen LogP contribution in [0.25, 0.3) is 11.3 Å². The molecule has 0 aliphatic heterocycles. The summed E-state index contributed by atoms with van der Waals surface area (Å²) in [7, 11) is 0. The van der Waals surface area contributed by atoms with Crippen molar-refractivity contribution in [1.29, 1.82) is 0 Å². The smallest absolute Gasteiger partial charge is 0.253 e. The van der Waals surface area contributed by atoms with E-state index in [1.54, 1.807) is 30.3 Å². The van der Waals surface area contributed by atoms with Crippen molar-refractivity contribution in [3.63, 3.8) is 0 Å². The molecule has 0 saturated carbocycles. The summed E-state index contributed by atoms with van der Waals surface area (Å²) in [4.78, 5) is 10.1. The van der Waals surface area contributed by atoms with Gasteiger partial charge in [-0.25, -0.2) is 4.39 Å². The fourth-order valence-corrected chi connectivity index (χ4v) is 2.02. The molecule has 0 unspecified atom stereocenters. The summed E-state index contributed by atoms with van der Waals surface area (Å²) in [6.07, 6.45) is 0.284. The zero-order chi connectivity index (χ0) is 16.1. The van der Waals surface area contributed by atoms with Crippen molar-refractivity contribution in [2.24, 2.45) is 0 Å². The van der Waals surface area contributed by atoms with E-state index in [9.17, 15) is 14.3 Å². The first-order chi connectivity index (χ1) is 10.5. The third-order valence-electron chi connectivity index (χ3n) is 3.05. The highest BCUT2D eigenvalue weighted by Gasteiger charge is 2.25. The van der Waals surface area contributed by atoms with Crippen molar-refractivity contribution in [3.8, 4) is 11.3 Å². The highest BCUT2D eigenvalue weighted by molar-refractivity contribution is 6.53. The summed E-state index contributed by atoms with van der Waals surface area (Å²) in [6, 6.07) is 7.16. The van der Waals surface area contributed by atoms with E-state index in [-0.39, 0.29) is 0 Å². The third-order valence-corrected chi connectivity index (χ3v) is 3.44. The number of hydrogen-bond acceptors (Lipinski definition) is 4. The van der Waals surface area contributed by atoms with Gasteiger partial charge in [0.2, 0.25) is 0 Å². The Morgan fingerprint density at radius 1 is 1.32 bits per heavy atom. The minimum absolute atomic E-state index is 0.437. The van der Waals surface area contributed by atoms with Crippen LogP contribution in [0.1, 0.15) is 11.7 Å². The van der Waals surface area contributed by atoms with Crippen LogP contribution < -0.4 is 5.32 Å². The number of alkyl halides is 3. The lowest BCUT2D eigenvalue weighted by molar-refractivity contribution is -0.121. The number of aromatic nitrogens is 1. The summed E-state index contributed by atoms with van der Waals surface area (Å²) >= 11 is 10.8. The lowest BCUT2D eigenvalue weighted by Crippen LogP contribution is -2.43. The van der Waals surface area contributed by atoms with Crippen LogP contribution in [0.2, 0.25) is 0 Å². The van der Waals surface area contributed by atoms with E-state index in [1.807, 2.05) is 0 Å². The summed E-state index contributed by atoms with van der Waals surface area (Å²) in [5.41, 5.74) is 1.20. The Kier molecular flexibility index (Phi) is 5.76. The number of aliphatic hydroxyl groups excluding tert-OH is 1. The van der Waals surface area contributed by atoms with Gasteiger partial charge in [0.15, 0.2) is 10.6 Å². The predicted molar refractivity (Wildman–Crippen MR) is 80.3 cm³/mol. The van der Waals surface area contributed by atoms with Gasteiger partial charge in [-0.1, -0.05) is 52.6 Å². The zero-order valence-corrected chi connectivity index (χ0v) is 12.8. The summed E-state index contributed by atoms with van der Waals surface area (Å²) in [5.74, 6) is -0.188. The van der Waals surface area contributed by atoms with E-state index in [2.05, 4.69) is 10.5 Å². The highest BCUT2D eigenvalue weighted by Crippen LogP contribution is 2.23. The van der Waals surface area contributed by atoms with Gasteiger partial charge in [0.1, 0.15) is 12.8 Å². The van der Waals surface area contributed by atoms with Crippen molar-refractivity contribution in [3.05, 3.63) is 42.1 Å². The molecule has 2 atom stereocenters. The largest absolute Gasteiger partial charge is 0.386 e. The Labute approximate surface area is 136 Å². The summed E-state index contributed by atoms with van der Waals surface area (Å²) in [5, 5.41) is 16.0. The van der Waals surface area contributed by atoms with Gasteiger partial charge in [-0.15, -0.1) is 0 Å². The topological polar surface area (TPSA) is 75.4 Å². The van der Waals surface area contributed by atoms with Crippen LogP contribution in [0.15, 0.2) is 41.1 Å².